The molecule has 0 aromatic carbocycles. The molecule has 0 saturated carbocycles. The molecule has 0 saturated heterocycles. The summed E-state index contributed by atoms with van der Waals surface area (Å²) in [4.78, 5) is 6.74. The van der Waals surface area contributed by atoms with Crippen LogP contribution in [0.25, 0.3) is 0 Å². The van der Waals surface area contributed by atoms with Crippen LogP contribution in [0.4, 0.5) is 13.2 Å². The molecule has 0 unspecified atom stereocenters. The highest BCUT2D eigenvalue weighted by molar-refractivity contribution is 6.28. The summed E-state index contributed by atoms with van der Waals surface area (Å²) in [6.45, 7) is 2.44. The normalized spacial score (nSPS) is 11.6. The first-order chi connectivity index (χ1) is 8.93. The molecule has 0 aliphatic heterocycles. The Morgan fingerprint density at radius 1 is 1.16 bits per heavy atom. The van der Waals surface area contributed by atoms with E-state index in [1.54, 1.807) is 0 Å². The maximum absolute atomic E-state index is 12.5. The fraction of sp³-hybridized carbons (Fsp3) is 0.667. The number of alkyl halides is 3. The fourth-order valence-electron chi connectivity index (χ4n) is 1.50. The molecule has 3 nitrogen and oxygen atoms in total. The van der Waals surface area contributed by atoms with Crippen LogP contribution >= 0.6 is 11.6 Å². The lowest BCUT2D eigenvalue weighted by molar-refractivity contribution is -0.141. The van der Waals surface area contributed by atoms with E-state index in [2.05, 4.69) is 16.9 Å². The average molecular weight is 297 g/mol. The van der Waals surface area contributed by atoms with Gasteiger partial charge in [0.1, 0.15) is 0 Å². The van der Waals surface area contributed by atoms with E-state index >= 15 is 0 Å². The predicted octanol–water partition coefficient (Wildman–Crippen LogP) is 4.50. The minimum atomic E-state index is -4.55. The highest BCUT2D eigenvalue weighted by atomic mass is 35.5. The number of hydrogen-bond donors (Lipinski definition) is 0. The molecule has 0 atom stereocenters. The Labute approximate surface area is 115 Å². The minimum absolute atomic E-state index is 0.136. The summed E-state index contributed by atoms with van der Waals surface area (Å²) < 4.78 is 42.6. The van der Waals surface area contributed by atoms with Crippen molar-refractivity contribution in [3.05, 3.63) is 17.0 Å². The lowest BCUT2D eigenvalue weighted by atomic mass is 10.2. The third kappa shape index (κ3) is 6.09. The summed E-state index contributed by atoms with van der Waals surface area (Å²) >= 11 is 5.44. The molecular weight excluding hydrogens is 281 g/mol. The predicted molar refractivity (Wildman–Crippen MR) is 66.3 cm³/mol. The first-order valence-electron chi connectivity index (χ1n) is 6.18. The Balaban J connectivity index is 2.48. The van der Waals surface area contributed by atoms with Crippen LogP contribution < -0.4 is 4.74 Å². The molecule has 7 heteroatoms. The molecule has 0 aliphatic carbocycles. The first kappa shape index (κ1) is 16.0. The van der Waals surface area contributed by atoms with E-state index in [9.17, 15) is 13.2 Å². The second-order valence-corrected chi connectivity index (χ2v) is 4.46. The fourth-order valence-corrected chi connectivity index (χ4v) is 1.67. The van der Waals surface area contributed by atoms with Crippen LogP contribution in [0.15, 0.2) is 6.07 Å². The second-order valence-electron chi connectivity index (χ2n) is 4.12. The zero-order valence-electron chi connectivity index (χ0n) is 10.6. The van der Waals surface area contributed by atoms with E-state index in [4.69, 9.17) is 16.3 Å². The third-order valence-corrected chi connectivity index (χ3v) is 2.63. The van der Waals surface area contributed by atoms with Gasteiger partial charge in [0, 0.05) is 6.07 Å². The monoisotopic (exact) mass is 296 g/mol. The summed E-state index contributed by atoms with van der Waals surface area (Å²) in [6.07, 6.45) is 0.598. The topological polar surface area (TPSA) is 35.0 Å². The number of hydrogen-bond acceptors (Lipinski definition) is 3. The lowest BCUT2D eigenvalue weighted by Crippen LogP contribution is -2.10. The van der Waals surface area contributed by atoms with Crippen molar-refractivity contribution in [2.45, 2.75) is 45.2 Å². The zero-order valence-corrected chi connectivity index (χ0v) is 11.4. The van der Waals surface area contributed by atoms with Crippen LogP contribution in [0.2, 0.25) is 5.28 Å². The van der Waals surface area contributed by atoms with Gasteiger partial charge in [-0.05, 0) is 18.0 Å². The number of unbranched alkanes of at least 4 members (excludes halogenated alkanes) is 4. The first-order valence-corrected chi connectivity index (χ1v) is 6.56. The van der Waals surface area contributed by atoms with E-state index in [0.717, 1.165) is 38.2 Å². The molecule has 108 valence electrons. The molecule has 0 spiro atoms. The van der Waals surface area contributed by atoms with E-state index in [1.165, 1.54) is 0 Å². The highest BCUT2D eigenvalue weighted by Gasteiger charge is 2.33. The van der Waals surface area contributed by atoms with Crippen LogP contribution in [-0.4, -0.2) is 16.6 Å². The Hall–Kier alpha value is -1.04. The number of rotatable bonds is 7. The van der Waals surface area contributed by atoms with Crippen molar-refractivity contribution < 1.29 is 17.9 Å². The van der Waals surface area contributed by atoms with Gasteiger partial charge >= 0.3 is 6.18 Å². The van der Waals surface area contributed by atoms with Crippen LogP contribution in [0.3, 0.4) is 0 Å². The second kappa shape index (κ2) is 7.53. The van der Waals surface area contributed by atoms with Gasteiger partial charge in [0.2, 0.25) is 11.2 Å². The van der Waals surface area contributed by atoms with Gasteiger partial charge in [0.25, 0.3) is 0 Å². The van der Waals surface area contributed by atoms with E-state index in [0.29, 0.717) is 6.61 Å². The molecular formula is C12H16ClF3N2O. The molecule has 19 heavy (non-hydrogen) atoms. The Morgan fingerprint density at radius 3 is 2.47 bits per heavy atom. The standard InChI is InChI=1S/C12H16ClF3N2O/c1-2-3-4-5-6-7-19-10-8-9(12(14,15)16)17-11(13)18-10/h8H,2-7H2,1H3. The highest BCUT2D eigenvalue weighted by Crippen LogP contribution is 2.30. The van der Waals surface area contributed by atoms with Crippen LogP contribution in [-0.2, 0) is 6.18 Å². The number of halogens is 4. The van der Waals surface area contributed by atoms with Crippen molar-refractivity contribution in [2.75, 3.05) is 6.61 Å². The Morgan fingerprint density at radius 2 is 1.84 bits per heavy atom. The van der Waals surface area contributed by atoms with Crippen LogP contribution in [0.5, 0.6) is 5.88 Å². The van der Waals surface area contributed by atoms with Gasteiger partial charge in [-0.1, -0.05) is 32.6 Å². The quantitative estimate of drug-likeness (QED) is 0.549. The summed E-state index contributed by atoms with van der Waals surface area (Å²) in [7, 11) is 0. The van der Waals surface area contributed by atoms with Crippen molar-refractivity contribution >= 4 is 11.6 Å². The molecule has 1 aromatic rings. The van der Waals surface area contributed by atoms with Gasteiger partial charge in [-0.3, -0.25) is 0 Å². The molecule has 0 aliphatic rings. The molecule has 0 amide bonds. The van der Waals surface area contributed by atoms with Gasteiger partial charge in [-0.25, -0.2) is 4.98 Å². The van der Waals surface area contributed by atoms with Crippen molar-refractivity contribution in [3.8, 4) is 5.88 Å². The smallest absolute Gasteiger partial charge is 0.433 e. The average Bonchev–Trinajstić information content (AvgIpc) is 2.32. The lowest BCUT2D eigenvalue weighted by Gasteiger charge is -2.09. The maximum atomic E-state index is 12.5. The molecule has 0 fully saturated rings. The Kier molecular flexibility index (Phi) is 6.34. The van der Waals surface area contributed by atoms with Crippen LogP contribution in [0.1, 0.15) is 44.7 Å². The molecule has 1 rings (SSSR count). The van der Waals surface area contributed by atoms with Gasteiger partial charge in [-0.15, -0.1) is 0 Å². The van der Waals surface area contributed by atoms with Crippen molar-refractivity contribution in [1.29, 1.82) is 0 Å². The molecule has 0 bridgehead atoms. The summed E-state index contributed by atoms with van der Waals surface area (Å²) in [5.41, 5.74) is -1.09. The third-order valence-electron chi connectivity index (χ3n) is 2.46. The summed E-state index contributed by atoms with van der Waals surface area (Å²) in [5.74, 6) is -0.136. The molecule has 0 N–H and O–H groups in total. The maximum Gasteiger partial charge on any atom is 0.433 e. The SMILES string of the molecule is CCCCCCCOc1cc(C(F)(F)F)nc(Cl)n1. The minimum Gasteiger partial charge on any atom is -0.478 e. The number of ether oxygens (including phenoxy) is 1. The summed E-state index contributed by atoms with van der Waals surface area (Å²) in [6, 6.07) is 0.762. The van der Waals surface area contributed by atoms with Gasteiger partial charge < -0.3 is 4.74 Å². The molecule has 1 heterocycles. The summed E-state index contributed by atoms with van der Waals surface area (Å²) in [5, 5.41) is -0.462. The van der Waals surface area contributed by atoms with Gasteiger partial charge in [0.05, 0.1) is 6.61 Å². The van der Waals surface area contributed by atoms with E-state index in [-0.39, 0.29) is 5.88 Å². The Bertz CT molecular complexity index is 399. The van der Waals surface area contributed by atoms with Crippen molar-refractivity contribution in [2.24, 2.45) is 0 Å². The number of aromatic nitrogens is 2. The van der Waals surface area contributed by atoms with E-state index < -0.39 is 17.2 Å². The van der Waals surface area contributed by atoms with Crippen LogP contribution in [0, 0.1) is 0 Å². The molecule has 1 aromatic heterocycles. The van der Waals surface area contributed by atoms with Crippen molar-refractivity contribution in [1.82, 2.24) is 9.97 Å². The van der Waals surface area contributed by atoms with E-state index in [1.807, 2.05) is 0 Å². The molecule has 0 radical (unpaired) electrons. The number of nitrogens with zero attached hydrogens (tertiary/aromatic N) is 2. The largest absolute Gasteiger partial charge is 0.478 e. The van der Waals surface area contributed by atoms with Gasteiger partial charge in [0.15, 0.2) is 5.69 Å². The zero-order chi connectivity index (χ0) is 14.3. The van der Waals surface area contributed by atoms with Gasteiger partial charge in [-0.2, -0.15) is 18.2 Å². The van der Waals surface area contributed by atoms with Crippen molar-refractivity contribution in [3.63, 3.8) is 0 Å².